The van der Waals surface area contributed by atoms with E-state index < -0.39 is 6.29 Å². The molecule has 0 aliphatic carbocycles. The molecular formula is C28H37N3O3. The molecule has 1 unspecified atom stereocenters. The summed E-state index contributed by atoms with van der Waals surface area (Å²) in [5.41, 5.74) is 19.6. The lowest BCUT2D eigenvalue weighted by molar-refractivity contribution is -0.00236. The fourth-order valence-electron chi connectivity index (χ4n) is 3.77. The molecule has 3 aromatic carbocycles. The van der Waals surface area contributed by atoms with Crippen LogP contribution in [0.25, 0.3) is 0 Å². The number of hydrogen-bond donors (Lipinski definition) is 3. The Morgan fingerprint density at radius 1 is 0.559 bits per heavy atom. The molecule has 182 valence electrons. The quantitative estimate of drug-likeness (QED) is 0.145. The van der Waals surface area contributed by atoms with Crippen molar-refractivity contribution < 1.29 is 14.2 Å². The minimum atomic E-state index is -0.407. The van der Waals surface area contributed by atoms with Crippen LogP contribution in [0.5, 0.6) is 17.2 Å². The molecule has 6 N–H and O–H groups in total. The van der Waals surface area contributed by atoms with Gasteiger partial charge in [-0.1, -0.05) is 37.5 Å². The summed E-state index contributed by atoms with van der Waals surface area (Å²) in [6.07, 6.45) is 7.14. The lowest BCUT2D eigenvalue weighted by Gasteiger charge is -2.21. The number of anilines is 3. The maximum atomic E-state index is 6.09. The zero-order chi connectivity index (χ0) is 24.2. The Morgan fingerprint density at radius 3 is 1.44 bits per heavy atom. The second-order valence-corrected chi connectivity index (χ2v) is 8.66. The molecule has 3 aromatic rings. The van der Waals surface area contributed by atoms with Crippen LogP contribution in [0.2, 0.25) is 0 Å². The van der Waals surface area contributed by atoms with E-state index in [0.29, 0.717) is 22.9 Å². The molecule has 34 heavy (non-hydrogen) atoms. The van der Waals surface area contributed by atoms with E-state index in [1.54, 1.807) is 0 Å². The van der Waals surface area contributed by atoms with Crippen molar-refractivity contribution in [2.24, 2.45) is 0 Å². The van der Waals surface area contributed by atoms with Gasteiger partial charge in [0, 0.05) is 41.7 Å². The Bertz CT molecular complexity index is 964. The van der Waals surface area contributed by atoms with E-state index in [1.807, 2.05) is 72.8 Å². The molecule has 0 aliphatic rings. The molecule has 0 aromatic heterocycles. The number of ether oxygens (including phenoxy) is 3. The molecule has 1 atom stereocenters. The van der Waals surface area contributed by atoms with Crippen LogP contribution >= 0.6 is 0 Å². The Labute approximate surface area is 203 Å². The highest BCUT2D eigenvalue weighted by molar-refractivity contribution is 5.45. The molecule has 3 rings (SSSR count). The number of rotatable bonds is 14. The zero-order valence-electron chi connectivity index (χ0n) is 20.0. The summed E-state index contributed by atoms with van der Waals surface area (Å²) in [6, 6.07) is 22.4. The van der Waals surface area contributed by atoms with E-state index in [1.165, 1.54) is 6.42 Å². The molecule has 0 heterocycles. The van der Waals surface area contributed by atoms with E-state index in [2.05, 4.69) is 6.92 Å². The molecular weight excluding hydrogens is 426 g/mol. The largest absolute Gasteiger partial charge is 0.491 e. The van der Waals surface area contributed by atoms with Gasteiger partial charge >= 0.3 is 0 Å². The second kappa shape index (κ2) is 13.2. The van der Waals surface area contributed by atoms with Gasteiger partial charge in [-0.15, -0.1) is 0 Å². The Kier molecular flexibility index (Phi) is 9.77. The summed E-state index contributed by atoms with van der Waals surface area (Å²) in [5.74, 6) is 2.23. The van der Waals surface area contributed by atoms with Crippen molar-refractivity contribution in [2.45, 2.75) is 64.3 Å². The molecule has 0 saturated heterocycles. The van der Waals surface area contributed by atoms with Gasteiger partial charge in [-0.25, -0.2) is 0 Å². The van der Waals surface area contributed by atoms with E-state index in [4.69, 9.17) is 31.4 Å². The van der Waals surface area contributed by atoms with Crippen molar-refractivity contribution in [3.8, 4) is 17.2 Å². The van der Waals surface area contributed by atoms with E-state index in [0.717, 1.165) is 50.0 Å². The highest BCUT2D eigenvalue weighted by Gasteiger charge is 2.13. The molecule has 6 nitrogen and oxygen atoms in total. The van der Waals surface area contributed by atoms with Crippen LogP contribution in [0.3, 0.4) is 0 Å². The van der Waals surface area contributed by atoms with E-state index in [-0.39, 0.29) is 6.10 Å². The lowest BCUT2D eigenvalue weighted by atomic mass is 10.1. The molecule has 6 heteroatoms. The third kappa shape index (κ3) is 9.14. The molecule has 0 saturated carbocycles. The monoisotopic (exact) mass is 463 g/mol. The highest BCUT2D eigenvalue weighted by Crippen LogP contribution is 2.23. The average Bonchev–Trinajstić information content (AvgIpc) is 2.78. The maximum Gasteiger partial charge on any atom is 0.241 e. The average molecular weight is 464 g/mol. The first-order valence-corrected chi connectivity index (χ1v) is 12.0. The summed E-state index contributed by atoms with van der Waals surface area (Å²) in [7, 11) is 0. The molecule has 0 radical (unpaired) electrons. The van der Waals surface area contributed by atoms with Gasteiger partial charge in [0.05, 0.1) is 6.10 Å². The first-order chi connectivity index (χ1) is 16.5. The smallest absolute Gasteiger partial charge is 0.241 e. The topological polar surface area (TPSA) is 106 Å². The first-order valence-electron chi connectivity index (χ1n) is 12.0. The van der Waals surface area contributed by atoms with Gasteiger partial charge in [0.25, 0.3) is 0 Å². The van der Waals surface area contributed by atoms with Crippen molar-refractivity contribution in [3.05, 3.63) is 72.8 Å². The predicted octanol–water partition coefficient (Wildman–Crippen LogP) is 6.42. The van der Waals surface area contributed by atoms with Crippen LogP contribution in [0.1, 0.15) is 51.9 Å². The van der Waals surface area contributed by atoms with Crippen molar-refractivity contribution in [1.29, 1.82) is 0 Å². The van der Waals surface area contributed by atoms with E-state index in [9.17, 15) is 0 Å². The van der Waals surface area contributed by atoms with Crippen molar-refractivity contribution in [1.82, 2.24) is 0 Å². The maximum absolute atomic E-state index is 6.09. The summed E-state index contributed by atoms with van der Waals surface area (Å²) in [5, 5.41) is 0. The van der Waals surface area contributed by atoms with Gasteiger partial charge in [-0.3, -0.25) is 0 Å². The third-order valence-corrected chi connectivity index (χ3v) is 5.50. The Hall–Kier alpha value is -3.54. The number of benzene rings is 3. The van der Waals surface area contributed by atoms with Crippen LogP contribution in [-0.2, 0) is 0 Å². The zero-order valence-corrected chi connectivity index (χ0v) is 20.0. The van der Waals surface area contributed by atoms with Crippen molar-refractivity contribution >= 4 is 17.1 Å². The minimum Gasteiger partial charge on any atom is -0.491 e. The van der Waals surface area contributed by atoms with Crippen molar-refractivity contribution in [3.63, 3.8) is 0 Å². The van der Waals surface area contributed by atoms with Crippen LogP contribution in [0, 0.1) is 0 Å². The minimum absolute atomic E-state index is 0.171. The highest BCUT2D eigenvalue weighted by atomic mass is 16.7. The van der Waals surface area contributed by atoms with Gasteiger partial charge in [-0.2, -0.15) is 0 Å². The number of nitrogen functional groups attached to an aromatic ring is 3. The number of nitrogens with two attached hydrogens (primary N) is 3. The second-order valence-electron chi connectivity index (χ2n) is 8.66. The van der Waals surface area contributed by atoms with Crippen LogP contribution < -0.4 is 31.4 Å². The fourth-order valence-corrected chi connectivity index (χ4v) is 3.77. The SMILES string of the molecule is CC(CCCCCCCC(Oc1cccc(N)c1)Oc1cccc(N)c1)Oc1cccc(N)c1. The Morgan fingerprint density at radius 2 is 0.971 bits per heavy atom. The van der Waals surface area contributed by atoms with Gasteiger partial charge in [-0.05, 0) is 62.6 Å². The fraction of sp³-hybridized carbons (Fsp3) is 0.357. The van der Waals surface area contributed by atoms with Gasteiger partial charge in [0.15, 0.2) is 0 Å². The molecule has 0 spiro atoms. The van der Waals surface area contributed by atoms with Crippen LogP contribution in [0.4, 0.5) is 17.1 Å². The number of unbranched alkanes of at least 4 members (excludes halogenated alkanes) is 4. The standard InChI is InChI=1S/C28H37N3O3/c1-21(32-25-14-7-11-22(29)18-25)10-5-3-2-4-6-17-28(33-26-15-8-12-23(30)19-26)34-27-16-9-13-24(31)20-27/h7-9,11-16,18-21,28H,2-6,10,17,29-31H2,1H3. The van der Waals surface area contributed by atoms with Gasteiger partial charge in [0.2, 0.25) is 6.29 Å². The summed E-state index contributed by atoms with van der Waals surface area (Å²) in [6.45, 7) is 2.11. The summed E-state index contributed by atoms with van der Waals surface area (Å²) < 4.78 is 18.1. The third-order valence-electron chi connectivity index (χ3n) is 5.50. The lowest BCUT2D eigenvalue weighted by Crippen LogP contribution is -2.24. The molecule has 0 amide bonds. The summed E-state index contributed by atoms with van der Waals surface area (Å²) in [4.78, 5) is 0. The van der Waals surface area contributed by atoms with Crippen LogP contribution in [-0.4, -0.2) is 12.4 Å². The van der Waals surface area contributed by atoms with Gasteiger partial charge < -0.3 is 31.4 Å². The van der Waals surface area contributed by atoms with Crippen LogP contribution in [0.15, 0.2) is 72.8 Å². The molecule has 0 aliphatic heterocycles. The first kappa shape index (κ1) is 25.1. The normalized spacial score (nSPS) is 11.8. The van der Waals surface area contributed by atoms with Crippen molar-refractivity contribution in [2.75, 3.05) is 17.2 Å². The number of hydrogen-bond acceptors (Lipinski definition) is 6. The van der Waals surface area contributed by atoms with E-state index >= 15 is 0 Å². The molecule has 0 bridgehead atoms. The Balaban J connectivity index is 1.38. The summed E-state index contributed by atoms with van der Waals surface area (Å²) >= 11 is 0. The molecule has 0 fully saturated rings. The van der Waals surface area contributed by atoms with Gasteiger partial charge in [0.1, 0.15) is 17.2 Å². The predicted molar refractivity (Wildman–Crippen MR) is 140 cm³/mol.